The van der Waals surface area contributed by atoms with Gasteiger partial charge in [-0.15, -0.1) is 0 Å². The Morgan fingerprint density at radius 3 is 2.64 bits per heavy atom. The molecule has 0 spiro atoms. The van der Waals surface area contributed by atoms with E-state index in [4.69, 9.17) is 0 Å². The van der Waals surface area contributed by atoms with Crippen LogP contribution in [-0.4, -0.2) is 0 Å². The van der Waals surface area contributed by atoms with Crippen LogP contribution >= 0.6 is 11.8 Å². The fraction of sp³-hybridized carbons (Fsp3) is 0.400. The fourth-order valence-electron chi connectivity index (χ4n) is 3.12. The van der Waals surface area contributed by atoms with Crippen molar-refractivity contribution in [1.29, 1.82) is 0 Å². The summed E-state index contributed by atoms with van der Waals surface area (Å²) in [5.74, 6) is 0.616. The highest BCUT2D eigenvalue weighted by molar-refractivity contribution is 7.99. The molecule has 116 valence electrons. The summed E-state index contributed by atoms with van der Waals surface area (Å²) in [7, 11) is 0. The minimum atomic E-state index is 0.616. The Morgan fingerprint density at radius 1 is 0.955 bits per heavy atom. The lowest BCUT2D eigenvalue weighted by atomic mass is 9.93. The van der Waals surface area contributed by atoms with E-state index in [2.05, 4.69) is 61.6 Å². The van der Waals surface area contributed by atoms with Gasteiger partial charge in [-0.3, -0.25) is 0 Å². The molecule has 0 aromatic heterocycles. The van der Waals surface area contributed by atoms with Gasteiger partial charge in [0.2, 0.25) is 0 Å². The molecule has 0 fully saturated rings. The van der Waals surface area contributed by atoms with Crippen LogP contribution < -0.4 is 5.32 Å². The quantitative estimate of drug-likeness (QED) is 0.493. The van der Waals surface area contributed by atoms with E-state index in [0.29, 0.717) is 5.92 Å². The standard InChI is InChI=1S/C20H25NS/c1-3-4-5-6-10-15(2)16-11-9-14-19-20(16)21-17-12-7-8-13-18(17)22-19/h7-9,11-15,21H,3-6,10H2,1-2H3. The molecule has 1 atom stereocenters. The highest BCUT2D eigenvalue weighted by Gasteiger charge is 2.20. The van der Waals surface area contributed by atoms with Crippen molar-refractivity contribution in [3.63, 3.8) is 0 Å². The molecule has 2 heteroatoms. The Hall–Kier alpha value is -1.41. The zero-order valence-corrected chi connectivity index (χ0v) is 14.4. The molecule has 2 aromatic carbocycles. The van der Waals surface area contributed by atoms with Gasteiger partial charge in [-0.05, 0) is 36.1 Å². The molecule has 3 rings (SSSR count). The topological polar surface area (TPSA) is 12.0 Å². The van der Waals surface area contributed by atoms with Crippen LogP contribution in [0.2, 0.25) is 0 Å². The van der Waals surface area contributed by atoms with Gasteiger partial charge in [0.05, 0.1) is 11.4 Å². The van der Waals surface area contributed by atoms with E-state index in [0.717, 1.165) is 0 Å². The van der Waals surface area contributed by atoms with Crippen LogP contribution in [0.5, 0.6) is 0 Å². The first-order valence-electron chi connectivity index (χ1n) is 8.46. The Balaban J connectivity index is 1.78. The van der Waals surface area contributed by atoms with Gasteiger partial charge < -0.3 is 5.32 Å². The lowest BCUT2D eigenvalue weighted by Crippen LogP contribution is -2.05. The summed E-state index contributed by atoms with van der Waals surface area (Å²) in [4.78, 5) is 2.68. The molecule has 1 unspecified atom stereocenters. The van der Waals surface area contributed by atoms with E-state index in [1.165, 1.54) is 58.8 Å². The van der Waals surface area contributed by atoms with Crippen molar-refractivity contribution in [3.8, 4) is 0 Å². The number of hydrogen-bond acceptors (Lipinski definition) is 2. The highest BCUT2D eigenvalue weighted by Crippen LogP contribution is 2.47. The molecule has 1 nitrogen and oxygen atoms in total. The molecule has 0 radical (unpaired) electrons. The average Bonchev–Trinajstić information content (AvgIpc) is 2.56. The number of rotatable bonds is 6. The molecule has 22 heavy (non-hydrogen) atoms. The fourth-order valence-corrected chi connectivity index (χ4v) is 4.15. The predicted molar refractivity (Wildman–Crippen MR) is 97.5 cm³/mol. The first-order valence-corrected chi connectivity index (χ1v) is 9.28. The van der Waals surface area contributed by atoms with Gasteiger partial charge in [-0.25, -0.2) is 0 Å². The second kappa shape index (κ2) is 7.23. The smallest absolute Gasteiger partial charge is 0.0561 e. The van der Waals surface area contributed by atoms with Crippen molar-refractivity contribution in [3.05, 3.63) is 48.0 Å². The molecule has 0 bridgehead atoms. The van der Waals surface area contributed by atoms with Crippen molar-refractivity contribution in [2.45, 2.75) is 61.7 Å². The normalized spacial score (nSPS) is 13.9. The van der Waals surface area contributed by atoms with Crippen LogP contribution in [0.25, 0.3) is 0 Å². The number of unbranched alkanes of at least 4 members (excludes halogenated alkanes) is 3. The number of para-hydroxylation sites is 2. The second-order valence-corrected chi connectivity index (χ2v) is 7.28. The summed E-state index contributed by atoms with van der Waals surface area (Å²) in [5, 5.41) is 3.67. The predicted octanol–water partition coefficient (Wildman–Crippen LogP) is 6.97. The van der Waals surface area contributed by atoms with Gasteiger partial charge >= 0.3 is 0 Å². The zero-order valence-electron chi connectivity index (χ0n) is 13.6. The maximum atomic E-state index is 3.67. The van der Waals surface area contributed by atoms with Gasteiger partial charge in [0.1, 0.15) is 0 Å². The maximum absolute atomic E-state index is 3.67. The van der Waals surface area contributed by atoms with Crippen molar-refractivity contribution >= 4 is 23.1 Å². The molecule has 1 N–H and O–H groups in total. The molecule has 0 aliphatic carbocycles. The molecule has 1 aliphatic heterocycles. The molecule has 1 aliphatic rings. The van der Waals surface area contributed by atoms with E-state index >= 15 is 0 Å². The SMILES string of the molecule is CCCCCCC(C)c1cccc2c1Nc1ccccc1S2. The summed E-state index contributed by atoms with van der Waals surface area (Å²) in [6, 6.07) is 15.3. The van der Waals surface area contributed by atoms with Crippen LogP contribution in [0.3, 0.4) is 0 Å². The minimum absolute atomic E-state index is 0.616. The molecule has 2 aromatic rings. The summed E-state index contributed by atoms with van der Waals surface area (Å²) in [6.07, 6.45) is 6.65. The molecular formula is C20H25NS. The summed E-state index contributed by atoms with van der Waals surface area (Å²) in [5.41, 5.74) is 4.04. The minimum Gasteiger partial charge on any atom is -0.353 e. The molecule has 0 saturated carbocycles. The van der Waals surface area contributed by atoms with Crippen molar-refractivity contribution < 1.29 is 0 Å². The number of anilines is 2. The largest absolute Gasteiger partial charge is 0.353 e. The highest BCUT2D eigenvalue weighted by atomic mass is 32.2. The van der Waals surface area contributed by atoms with Crippen LogP contribution in [0, 0.1) is 0 Å². The first-order chi connectivity index (χ1) is 10.8. The van der Waals surface area contributed by atoms with Crippen LogP contribution in [0.15, 0.2) is 52.3 Å². The monoisotopic (exact) mass is 311 g/mol. The lowest BCUT2D eigenvalue weighted by Gasteiger charge is -2.25. The molecule has 0 saturated heterocycles. The van der Waals surface area contributed by atoms with Crippen molar-refractivity contribution in [2.75, 3.05) is 5.32 Å². The average molecular weight is 311 g/mol. The van der Waals surface area contributed by atoms with E-state index in [1.807, 2.05) is 11.8 Å². The third-order valence-corrected chi connectivity index (χ3v) is 5.58. The third-order valence-electron chi connectivity index (χ3n) is 4.45. The number of fused-ring (bicyclic) bond motifs is 2. The van der Waals surface area contributed by atoms with Crippen molar-refractivity contribution in [1.82, 2.24) is 0 Å². The number of benzene rings is 2. The van der Waals surface area contributed by atoms with E-state index in [-0.39, 0.29) is 0 Å². The van der Waals surface area contributed by atoms with E-state index < -0.39 is 0 Å². The Morgan fingerprint density at radius 2 is 1.77 bits per heavy atom. The van der Waals surface area contributed by atoms with Crippen LogP contribution in [0.4, 0.5) is 11.4 Å². The summed E-state index contributed by atoms with van der Waals surface area (Å²) < 4.78 is 0. The van der Waals surface area contributed by atoms with Gasteiger partial charge in [0, 0.05) is 9.79 Å². The van der Waals surface area contributed by atoms with Gasteiger partial charge in [0.25, 0.3) is 0 Å². The van der Waals surface area contributed by atoms with Crippen LogP contribution in [-0.2, 0) is 0 Å². The first kappa shape index (κ1) is 15.5. The third kappa shape index (κ3) is 3.33. The Labute approximate surface area is 138 Å². The van der Waals surface area contributed by atoms with Gasteiger partial charge in [-0.2, -0.15) is 0 Å². The number of nitrogens with one attached hydrogen (secondary N) is 1. The summed E-state index contributed by atoms with van der Waals surface area (Å²) in [6.45, 7) is 4.64. The number of hydrogen-bond donors (Lipinski definition) is 1. The Kier molecular flexibility index (Phi) is 5.09. The lowest BCUT2D eigenvalue weighted by molar-refractivity contribution is 0.580. The molecular weight excluding hydrogens is 286 g/mol. The zero-order chi connectivity index (χ0) is 15.4. The van der Waals surface area contributed by atoms with Crippen molar-refractivity contribution in [2.24, 2.45) is 0 Å². The van der Waals surface area contributed by atoms with Gasteiger partial charge in [0.15, 0.2) is 0 Å². The maximum Gasteiger partial charge on any atom is 0.0561 e. The van der Waals surface area contributed by atoms with Crippen LogP contribution in [0.1, 0.15) is 57.4 Å². The molecule has 0 amide bonds. The molecule has 1 heterocycles. The summed E-state index contributed by atoms with van der Waals surface area (Å²) >= 11 is 1.88. The van der Waals surface area contributed by atoms with Gasteiger partial charge in [-0.1, -0.05) is 75.6 Å². The van der Waals surface area contributed by atoms with E-state index in [1.54, 1.807) is 0 Å². The van der Waals surface area contributed by atoms with E-state index in [9.17, 15) is 0 Å². The second-order valence-electron chi connectivity index (χ2n) is 6.19. The Bertz CT molecular complexity index is 635.